The third kappa shape index (κ3) is 3.75. The molecule has 7 heteroatoms. The largest absolute Gasteiger partial charge is 0.343 e. The summed E-state index contributed by atoms with van der Waals surface area (Å²) >= 11 is 1.56. The lowest BCUT2D eigenvalue weighted by Crippen LogP contribution is -2.37. The van der Waals surface area contributed by atoms with Crippen LogP contribution in [0.1, 0.15) is 64.0 Å². The highest BCUT2D eigenvalue weighted by Gasteiger charge is 2.42. The maximum Gasteiger partial charge on any atom is 0.257 e. The van der Waals surface area contributed by atoms with Crippen LogP contribution in [0, 0.1) is 5.41 Å². The van der Waals surface area contributed by atoms with Crippen molar-refractivity contribution in [2.24, 2.45) is 5.41 Å². The molecule has 2 atom stereocenters. The third-order valence-corrected chi connectivity index (χ3v) is 6.78. The average molecular weight is 411 g/mol. The second kappa shape index (κ2) is 7.44. The molecule has 1 aliphatic heterocycles. The number of ketones is 1. The fourth-order valence-electron chi connectivity index (χ4n) is 4.11. The van der Waals surface area contributed by atoms with Gasteiger partial charge in [0.15, 0.2) is 10.9 Å². The summed E-state index contributed by atoms with van der Waals surface area (Å²) < 4.78 is 0. The van der Waals surface area contributed by atoms with Crippen molar-refractivity contribution in [3.8, 4) is 0 Å². The second-order valence-electron chi connectivity index (χ2n) is 8.64. The molecule has 3 heterocycles. The van der Waals surface area contributed by atoms with Crippen molar-refractivity contribution < 1.29 is 4.79 Å². The summed E-state index contributed by atoms with van der Waals surface area (Å²) in [7, 11) is 0. The number of aromatic nitrogens is 3. The quantitative estimate of drug-likeness (QED) is 0.579. The van der Waals surface area contributed by atoms with Gasteiger partial charge in [-0.05, 0) is 36.0 Å². The molecule has 0 saturated carbocycles. The summed E-state index contributed by atoms with van der Waals surface area (Å²) in [6.07, 6.45) is 5.60. The number of rotatable bonds is 4. The van der Waals surface area contributed by atoms with E-state index in [0.717, 1.165) is 24.1 Å². The van der Waals surface area contributed by atoms with Gasteiger partial charge in [0, 0.05) is 41.3 Å². The minimum Gasteiger partial charge on any atom is -0.343 e. The smallest absolute Gasteiger partial charge is 0.257 e. The minimum absolute atomic E-state index is 0.0914. The molecule has 29 heavy (non-hydrogen) atoms. The highest BCUT2D eigenvalue weighted by atomic mass is 32.2. The molecule has 2 aromatic heterocycles. The van der Waals surface area contributed by atoms with Crippen LogP contribution in [0.4, 0.5) is 5.82 Å². The van der Waals surface area contributed by atoms with E-state index in [4.69, 9.17) is 4.98 Å². The molecule has 0 spiro atoms. The first kappa shape index (κ1) is 19.9. The topological polar surface area (TPSA) is 87.7 Å². The molecule has 0 fully saturated rings. The number of thioether (sulfide) groups is 1. The lowest BCUT2D eigenvalue weighted by molar-refractivity contribution is -0.118. The summed E-state index contributed by atoms with van der Waals surface area (Å²) in [6, 6.07) is 3.75. The maximum absolute atomic E-state index is 13.1. The van der Waals surface area contributed by atoms with Crippen LogP contribution in [0.5, 0.6) is 0 Å². The molecule has 0 aromatic carbocycles. The molecule has 0 unspecified atom stereocenters. The normalized spacial score (nSPS) is 21.2. The van der Waals surface area contributed by atoms with Crippen LogP contribution < -0.4 is 10.9 Å². The molecule has 2 aliphatic rings. The monoisotopic (exact) mass is 410 g/mol. The average Bonchev–Trinajstić information content (AvgIpc) is 2.66. The van der Waals surface area contributed by atoms with Crippen LogP contribution in [0.3, 0.4) is 0 Å². The van der Waals surface area contributed by atoms with E-state index in [0.29, 0.717) is 33.8 Å². The van der Waals surface area contributed by atoms with Gasteiger partial charge in [0.1, 0.15) is 5.82 Å². The number of carbonyl (C=O) groups excluding carboxylic acids is 1. The number of H-pyrrole nitrogens is 1. The Hall–Kier alpha value is -2.41. The van der Waals surface area contributed by atoms with Crippen LogP contribution in [-0.4, -0.2) is 26.0 Å². The van der Waals surface area contributed by atoms with Crippen molar-refractivity contribution in [1.29, 1.82) is 0 Å². The van der Waals surface area contributed by atoms with E-state index in [9.17, 15) is 9.59 Å². The molecule has 1 aliphatic carbocycles. The number of aromatic amines is 1. The highest BCUT2D eigenvalue weighted by Crippen LogP contribution is 2.47. The molecule has 6 nitrogen and oxygen atoms in total. The molecule has 0 amide bonds. The van der Waals surface area contributed by atoms with Crippen molar-refractivity contribution >= 4 is 23.4 Å². The van der Waals surface area contributed by atoms with Gasteiger partial charge >= 0.3 is 0 Å². The Morgan fingerprint density at radius 1 is 1.24 bits per heavy atom. The summed E-state index contributed by atoms with van der Waals surface area (Å²) in [5, 5.41) is 4.31. The zero-order valence-electron chi connectivity index (χ0n) is 17.2. The van der Waals surface area contributed by atoms with Crippen LogP contribution in [-0.2, 0) is 4.79 Å². The number of carbonyl (C=O) groups is 1. The fraction of sp³-hybridized carbons (Fsp3) is 0.455. The summed E-state index contributed by atoms with van der Waals surface area (Å²) in [6.45, 7) is 8.42. The van der Waals surface area contributed by atoms with E-state index in [1.807, 2.05) is 12.1 Å². The highest BCUT2D eigenvalue weighted by molar-refractivity contribution is 7.99. The number of fused-ring (bicyclic) bond motifs is 1. The Kier molecular flexibility index (Phi) is 5.11. The molecule has 0 radical (unpaired) electrons. The molecule has 4 rings (SSSR count). The molecule has 0 saturated heterocycles. The summed E-state index contributed by atoms with van der Waals surface area (Å²) in [5.41, 5.74) is 2.66. The van der Waals surface area contributed by atoms with Gasteiger partial charge in [0.2, 0.25) is 0 Å². The number of hydrogen-bond acceptors (Lipinski definition) is 6. The number of allylic oxidation sites excluding steroid dienone is 2. The number of Topliss-reactive ketones (excluding diaryl/α,β-unsaturated/α-hetero) is 1. The van der Waals surface area contributed by atoms with E-state index in [1.54, 1.807) is 24.2 Å². The Labute approximate surface area is 174 Å². The van der Waals surface area contributed by atoms with Gasteiger partial charge in [-0.3, -0.25) is 14.6 Å². The number of hydrogen-bond donors (Lipinski definition) is 2. The van der Waals surface area contributed by atoms with Gasteiger partial charge < -0.3 is 10.3 Å². The fourth-order valence-corrected chi connectivity index (χ4v) is 4.96. The molecule has 2 aromatic rings. The van der Waals surface area contributed by atoms with Gasteiger partial charge in [-0.2, -0.15) is 0 Å². The number of anilines is 1. The second-order valence-corrected chi connectivity index (χ2v) is 10.1. The Morgan fingerprint density at radius 3 is 2.66 bits per heavy atom. The summed E-state index contributed by atoms with van der Waals surface area (Å²) in [5.74, 6) is 0.228. The number of nitrogens with one attached hydrogen (secondary N) is 2. The molecular formula is C22H26N4O2S. The van der Waals surface area contributed by atoms with Crippen molar-refractivity contribution in [1.82, 2.24) is 15.0 Å². The van der Waals surface area contributed by atoms with Gasteiger partial charge in [-0.1, -0.05) is 39.5 Å². The zero-order valence-corrected chi connectivity index (χ0v) is 18.0. The lowest BCUT2D eigenvalue weighted by atomic mass is 9.69. The van der Waals surface area contributed by atoms with E-state index >= 15 is 0 Å². The molecular weight excluding hydrogens is 384 g/mol. The zero-order chi connectivity index (χ0) is 20.8. The first-order valence-electron chi connectivity index (χ1n) is 10.0. The van der Waals surface area contributed by atoms with Crippen molar-refractivity contribution in [3.05, 3.63) is 57.3 Å². The maximum atomic E-state index is 13.1. The van der Waals surface area contributed by atoms with Crippen molar-refractivity contribution in [2.45, 2.75) is 63.3 Å². The van der Waals surface area contributed by atoms with E-state index in [-0.39, 0.29) is 16.8 Å². The van der Waals surface area contributed by atoms with Gasteiger partial charge in [0.05, 0.1) is 5.56 Å². The van der Waals surface area contributed by atoms with E-state index in [2.05, 4.69) is 43.0 Å². The molecule has 0 bridgehead atoms. The Bertz CT molecular complexity index is 1040. The predicted molar refractivity (Wildman–Crippen MR) is 115 cm³/mol. The van der Waals surface area contributed by atoms with Crippen LogP contribution >= 0.6 is 11.8 Å². The van der Waals surface area contributed by atoms with Crippen molar-refractivity contribution in [3.63, 3.8) is 0 Å². The van der Waals surface area contributed by atoms with E-state index in [1.165, 1.54) is 0 Å². The Balaban J connectivity index is 1.90. The van der Waals surface area contributed by atoms with E-state index < -0.39 is 5.92 Å². The minimum atomic E-state index is -0.424. The van der Waals surface area contributed by atoms with Crippen LogP contribution in [0.2, 0.25) is 0 Å². The SMILES string of the molecule is CC[C@@H](C)Sc1nc2c(c(=O)[nH]1)[C@H](c1ccncc1)C1=C(CC(C)(C)CC1=O)N2. The lowest BCUT2D eigenvalue weighted by Gasteiger charge is -2.38. The standard InChI is InChI=1S/C22H26N4O2S/c1-5-12(2)29-21-25-19-18(20(28)26-21)16(13-6-8-23-9-7-13)17-14(24-19)10-22(3,4)11-15(17)27/h6-9,12,16H,5,10-11H2,1-4H3,(H2,24,25,26,28)/t12-,16-/m1/s1. The van der Waals surface area contributed by atoms with Gasteiger partial charge in [-0.25, -0.2) is 4.98 Å². The van der Waals surface area contributed by atoms with Crippen LogP contribution in [0.25, 0.3) is 0 Å². The number of pyridine rings is 1. The Morgan fingerprint density at radius 2 is 1.97 bits per heavy atom. The molecule has 152 valence electrons. The third-order valence-electron chi connectivity index (χ3n) is 5.63. The van der Waals surface area contributed by atoms with Crippen LogP contribution in [0.15, 0.2) is 45.7 Å². The first-order valence-corrected chi connectivity index (χ1v) is 10.9. The molecule has 2 N–H and O–H groups in total. The first-order chi connectivity index (χ1) is 13.8. The summed E-state index contributed by atoms with van der Waals surface area (Å²) in [4.78, 5) is 38.1. The van der Waals surface area contributed by atoms with Gasteiger partial charge in [-0.15, -0.1) is 0 Å². The van der Waals surface area contributed by atoms with Crippen molar-refractivity contribution in [2.75, 3.05) is 5.32 Å². The van der Waals surface area contributed by atoms with Gasteiger partial charge in [0.25, 0.3) is 5.56 Å². The predicted octanol–water partition coefficient (Wildman–Crippen LogP) is 4.26. The number of nitrogens with zero attached hydrogens (tertiary/aromatic N) is 2.